The second-order valence-corrected chi connectivity index (χ2v) is 5.69. The van der Waals surface area contributed by atoms with E-state index in [1.807, 2.05) is 0 Å². The Bertz CT molecular complexity index is 134. The molecule has 0 radical (unpaired) electrons. The van der Waals surface area contributed by atoms with Gasteiger partial charge in [0.15, 0.2) is 0 Å². The minimum atomic E-state index is 0.400. The topological polar surface area (TPSA) is 0 Å². The fraction of sp³-hybridized carbons (Fsp3) is 1.00. The Morgan fingerprint density at radius 1 is 1.00 bits per heavy atom. The fourth-order valence-electron chi connectivity index (χ4n) is 2.24. The van der Waals surface area contributed by atoms with Crippen LogP contribution in [-0.2, 0) is 0 Å². The standard InChI is InChI=1S/C11H21Cl/c1-11(2,3)9-7-5-4-6-8-10(9)12/h9-10H,4-8H2,1-3H3. The third-order valence-electron chi connectivity index (χ3n) is 3.04. The van der Waals surface area contributed by atoms with Gasteiger partial charge >= 0.3 is 0 Å². The van der Waals surface area contributed by atoms with E-state index in [2.05, 4.69) is 20.8 Å². The summed E-state index contributed by atoms with van der Waals surface area (Å²) in [5.74, 6) is 0.724. The molecule has 0 aromatic carbocycles. The van der Waals surface area contributed by atoms with E-state index in [9.17, 15) is 0 Å². The van der Waals surface area contributed by atoms with Gasteiger partial charge in [-0.1, -0.05) is 40.0 Å². The van der Waals surface area contributed by atoms with Crippen molar-refractivity contribution in [1.29, 1.82) is 0 Å². The Kier molecular flexibility index (Phi) is 3.46. The van der Waals surface area contributed by atoms with Crippen LogP contribution in [0.15, 0.2) is 0 Å². The lowest BCUT2D eigenvalue weighted by Crippen LogP contribution is -2.27. The Hall–Kier alpha value is 0.290. The van der Waals surface area contributed by atoms with Crippen LogP contribution in [0.5, 0.6) is 0 Å². The minimum absolute atomic E-state index is 0.400. The molecule has 1 aliphatic carbocycles. The first-order chi connectivity index (χ1) is 5.52. The third-order valence-corrected chi connectivity index (χ3v) is 3.57. The predicted octanol–water partition coefficient (Wildman–Crippen LogP) is 4.22. The highest BCUT2D eigenvalue weighted by atomic mass is 35.5. The molecular weight excluding hydrogens is 168 g/mol. The Balaban J connectivity index is 2.59. The highest BCUT2D eigenvalue weighted by Crippen LogP contribution is 2.39. The molecule has 1 rings (SSSR count). The Morgan fingerprint density at radius 3 is 2.17 bits per heavy atom. The highest BCUT2D eigenvalue weighted by Gasteiger charge is 2.31. The van der Waals surface area contributed by atoms with Gasteiger partial charge in [-0.3, -0.25) is 0 Å². The molecule has 0 aromatic heterocycles. The van der Waals surface area contributed by atoms with Crippen molar-refractivity contribution >= 4 is 11.6 Å². The molecule has 0 saturated heterocycles. The summed E-state index contributed by atoms with van der Waals surface area (Å²) in [4.78, 5) is 0. The van der Waals surface area contributed by atoms with Gasteiger partial charge in [0.2, 0.25) is 0 Å². The highest BCUT2D eigenvalue weighted by molar-refractivity contribution is 6.20. The van der Waals surface area contributed by atoms with Gasteiger partial charge in [-0.05, 0) is 24.2 Å². The van der Waals surface area contributed by atoms with Gasteiger partial charge in [0.1, 0.15) is 0 Å². The summed E-state index contributed by atoms with van der Waals surface area (Å²) in [5, 5.41) is 0.424. The summed E-state index contributed by atoms with van der Waals surface area (Å²) in [7, 11) is 0. The third kappa shape index (κ3) is 2.65. The van der Waals surface area contributed by atoms with Gasteiger partial charge in [-0.25, -0.2) is 0 Å². The van der Waals surface area contributed by atoms with E-state index >= 15 is 0 Å². The average Bonchev–Trinajstić information content (AvgIpc) is 2.11. The lowest BCUT2D eigenvalue weighted by Gasteiger charge is -2.33. The van der Waals surface area contributed by atoms with Gasteiger partial charge in [0, 0.05) is 5.38 Å². The van der Waals surface area contributed by atoms with Gasteiger partial charge in [-0.15, -0.1) is 11.6 Å². The fourth-order valence-corrected chi connectivity index (χ4v) is 2.90. The van der Waals surface area contributed by atoms with Crippen molar-refractivity contribution in [1.82, 2.24) is 0 Å². The molecule has 12 heavy (non-hydrogen) atoms. The predicted molar refractivity (Wildman–Crippen MR) is 55.7 cm³/mol. The van der Waals surface area contributed by atoms with E-state index in [0.717, 1.165) is 5.92 Å². The second kappa shape index (κ2) is 4.00. The normalized spacial score (nSPS) is 33.0. The van der Waals surface area contributed by atoms with Crippen LogP contribution < -0.4 is 0 Å². The zero-order chi connectivity index (χ0) is 9.19. The lowest BCUT2D eigenvalue weighted by molar-refractivity contribution is 0.219. The maximum atomic E-state index is 6.37. The smallest absolute Gasteiger partial charge is 0.0369 e. The van der Waals surface area contributed by atoms with Gasteiger partial charge in [-0.2, -0.15) is 0 Å². The Morgan fingerprint density at radius 2 is 1.58 bits per heavy atom. The first-order valence-corrected chi connectivity index (χ1v) is 5.59. The van der Waals surface area contributed by atoms with Crippen molar-refractivity contribution in [3.8, 4) is 0 Å². The van der Waals surface area contributed by atoms with E-state index < -0.39 is 0 Å². The molecule has 1 aliphatic rings. The maximum absolute atomic E-state index is 6.37. The van der Waals surface area contributed by atoms with Crippen molar-refractivity contribution in [2.75, 3.05) is 0 Å². The number of hydrogen-bond acceptors (Lipinski definition) is 0. The van der Waals surface area contributed by atoms with Crippen molar-refractivity contribution in [3.63, 3.8) is 0 Å². The molecular formula is C11H21Cl. The number of hydrogen-bond donors (Lipinski definition) is 0. The number of rotatable bonds is 0. The van der Waals surface area contributed by atoms with Crippen LogP contribution in [-0.4, -0.2) is 5.38 Å². The maximum Gasteiger partial charge on any atom is 0.0369 e. The molecule has 0 bridgehead atoms. The summed E-state index contributed by atoms with van der Waals surface area (Å²) in [6.45, 7) is 6.95. The van der Waals surface area contributed by atoms with Crippen molar-refractivity contribution in [2.24, 2.45) is 11.3 Å². The zero-order valence-corrected chi connectivity index (χ0v) is 9.32. The summed E-state index contributed by atoms with van der Waals surface area (Å²) < 4.78 is 0. The molecule has 0 aromatic rings. The van der Waals surface area contributed by atoms with Crippen LogP contribution in [0.2, 0.25) is 0 Å². The van der Waals surface area contributed by atoms with Crippen LogP contribution in [0.3, 0.4) is 0 Å². The first-order valence-electron chi connectivity index (χ1n) is 5.16. The summed E-state index contributed by atoms with van der Waals surface area (Å²) in [5.41, 5.74) is 0.400. The second-order valence-electron chi connectivity index (χ2n) is 5.13. The van der Waals surface area contributed by atoms with Crippen LogP contribution in [0.1, 0.15) is 52.9 Å². The molecule has 1 heteroatoms. The molecule has 0 amide bonds. The molecule has 0 heterocycles. The molecule has 2 atom stereocenters. The molecule has 2 unspecified atom stereocenters. The number of alkyl halides is 1. The molecule has 0 aliphatic heterocycles. The SMILES string of the molecule is CC(C)(C)C1CCCCCC1Cl. The Labute approximate surface area is 81.7 Å². The number of halogens is 1. The molecule has 0 nitrogen and oxygen atoms in total. The minimum Gasteiger partial charge on any atom is -0.123 e. The van der Waals surface area contributed by atoms with Crippen LogP contribution >= 0.6 is 11.6 Å². The molecule has 0 spiro atoms. The van der Waals surface area contributed by atoms with Gasteiger partial charge in [0.05, 0.1) is 0 Å². The van der Waals surface area contributed by atoms with Crippen LogP contribution in [0.25, 0.3) is 0 Å². The van der Waals surface area contributed by atoms with Crippen molar-refractivity contribution in [3.05, 3.63) is 0 Å². The van der Waals surface area contributed by atoms with E-state index in [-0.39, 0.29) is 0 Å². The van der Waals surface area contributed by atoms with Gasteiger partial charge in [0.25, 0.3) is 0 Å². The monoisotopic (exact) mass is 188 g/mol. The van der Waals surface area contributed by atoms with Crippen LogP contribution in [0.4, 0.5) is 0 Å². The largest absolute Gasteiger partial charge is 0.123 e. The zero-order valence-electron chi connectivity index (χ0n) is 8.57. The molecule has 1 saturated carbocycles. The van der Waals surface area contributed by atoms with Crippen molar-refractivity contribution < 1.29 is 0 Å². The summed E-state index contributed by atoms with van der Waals surface area (Å²) in [6.07, 6.45) is 6.66. The van der Waals surface area contributed by atoms with E-state index in [1.165, 1.54) is 32.1 Å². The summed E-state index contributed by atoms with van der Waals surface area (Å²) in [6, 6.07) is 0. The van der Waals surface area contributed by atoms with E-state index in [0.29, 0.717) is 10.8 Å². The lowest BCUT2D eigenvalue weighted by atomic mass is 9.76. The average molecular weight is 189 g/mol. The van der Waals surface area contributed by atoms with Crippen LogP contribution in [0, 0.1) is 11.3 Å². The first kappa shape index (κ1) is 10.4. The summed E-state index contributed by atoms with van der Waals surface area (Å²) >= 11 is 6.37. The van der Waals surface area contributed by atoms with Gasteiger partial charge < -0.3 is 0 Å². The van der Waals surface area contributed by atoms with E-state index in [4.69, 9.17) is 11.6 Å². The van der Waals surface area contributed by atoms with Crippen molar-refractivity contribution in [2.45, 2.75) is 58.3 Å². The quantitative estimate of drug-likeness (QED) is 0.395. The molecule has 1 fully saturated rings. The van der Waals surface area contributed by atoms with E-state index in [1.54, 1.807) is 0 Å². The molecule has 0 N–H and O–H groups in total. The molecule has 72 valence electrons.